The van der Waals surface area contributed by atoms with Crippen LogP contribution in [0.3, 0.4) is 0 Å². The van der Waals surface area contributed by atoms with Crippen molar-refractivity contribution in [3.8, 4) is 5.75 Å². The monoisotopic (exact) mass is 334 g/mol. The highest BCUT2D eigenvalue weighted by Gasteiger charge is 2.37. The maximum Gasteiger partial charge on any atom is 0.419 e. The van der Waals surface area contributed by atoms with Crippen LogP contribution in [0, 0.1) is 17.5 Å². The molecule has 0 amide bonds. The Morgan fingerprint density at radius 2 is 1.61 bits per heavy atom. The Balaban J connectivity index is 2.62. The number of hydrogen-bond acceptors (Lipinski definition) is 2. The van der Waals surface area contributed by atoms with Gasteiger partial charge in [-0.3, -0.25) is 4.79 Å². The molecular formula is C15H8F6O2. The summed E-state index contributed by atoms with van der Waals surface area (Å²) in [5.41, 5.74) is -3.03. The number of rotatable bonds is 3. The van der Waals surface area contributed by atoms with Crippen LogP contribution < -0.4 is 4.74 Å². The van der Waals surface area contributed by atoms with Gasteiger partial charge in [0.2, 0.25) is 0 Å². The Kier molecular flexibility index (Phi) is 4.35. The third kappa shape index (κ3) is 3.01. The first-order valence-corrected chi connectivity index (χ1v) is 6.11. The normalized spacial score (nSPS) is 11.4. The van der Waals surface area contributed by atoms with Gasteiger partial charge in [0.15, 0.2) is 29.0 Å². The van der Waals surface area contributed by atoms with E-state index in [9.17, 15) is 31.1 Å². The number of ether oxygens (including phenoxy) is 1. The lowest BCUT2D eigenvalue weighted by molar-refractivity contribution is -0.140. The fourth-order valence-electron chi connectivity index (χ4n) is 1.98. The van der Waals surface area contributed by atoms with Crippen molar-refractivity contribution in [3.05, 3.63) is 64.5 Å². The second-order valence-corrected chi connectivity index (χ2v) is 4.44. The van der Waals surface area contributed by atoms with Crippen LogP contribution in [-0.2, 0) is 6.18 Å². The molecule has 0 atom stereocenters. The largest absolute Gasteiger partial charge is 0.493 e. The highest BCUT2D eigenvalue weighted by atomic mass is 19.4. The SMILES string of the molecule is COc1c(C(=O)c2cccc(F)c2F)ccc(C(F)(F)F)c1F. The molecule has 0 saturated heterocycles. The van der Waals surface area contributed by atoms with E-state index in [1.165, 1.54) is 0 Å². The average Bonchev–Trinajstić information content (AvgIpc) is 2.47. The first kappa shape index (κ1) is 16.9. The van der Waals surface area contributed by atoms with E-state index in [2.05, 4.69) is 4.74 Å². The van der Waals surface area contributed by atoms with Crippen molar-refractivity contribution in [2.24, 2.45) is 0 Å². The third-order valence-electron chi connectivity index (χ3n) is 3.05. The topological polar surface area (TPSA) is 26.3 Å². The summed E-state index contributed by atoms with van der Waals surface area (Å²) < 4.78 is 83.2. The van der Waals surface area contributed by atoms with E-state index in [0.717, 1.165) is 25.3 Å². The van der Waals surface area contributed by atoms with Crippen molar-refractivity contribution in [3.63, 3.8) is 0 Å². The quantitative estimate of drug-likeness (QED) is 0.616. The number of carbonyl (C=O) groups excluding carboxylic acids is 1. The van der Waals surface area contributed by atoms with Crippen molar-refractivity contribution >= 4 is 5.78 Å². The molecule has 0 aromatic heterocycles. The van der Waals surface area contributed by atoms with E-state index in [-0.39, 0.29) is 0 Å². The Hall–Kier alpha value is -2.51. The predicted octanol–water partition coefficient (Wildman–Crippen LogP) is 4.36. The van der Waals surface area contributed by atoms with Gasteiger partial charge in [0.25, 0.3) is 0 Å². The van der Waals surface area contributed by atoms with Crippen molar-refractivity contribution in [2.75, 3.05) is 7.11 Å². The summed E-state index contributed by atoms with van der Waals surface area (Å²) >= 11 is 0. The molecule has 0 unspecified atom stereocenters. The summed E-state index contributed by atoms with van der Waals surface area (Å²) in [7, 11) is 0.858. The van der Waals surface area contributed by atoms with Gasteiger partial charge in [-0.05, 0) is 24.3 Å². The van der Waals surface area contributed by atoms with Crippen LogP contribution >= 0.6 is 0 Å². The van der Waals surface area contributed by atoms with Gasteiger partial charge >= 0.3 is 6.18 Å². The molecule has 8 heteroatoms. The number of methoxy groups -OCH3 is 1. The molecule has 0 radical (unpaired) electrons. The Labute approximate surface area is 126 Å². The van der Waals surface area contributed by atoms with E-state index in [1.807, 2.05) is 0 Å². The number of alkyl halides is 3. The van der Waals surface area contributed by atoms with E-state index in [0.29, 0.717) is 12.1 Å². The average molecular weight is 334 g/mol. The predicted molar refractivity (Wildman–Crippen MR) is 67.7 cm³/mol. The lowest BCUT2D eigenvalue weighted by Crippen LogP contribution is -2.13. The third-order valence-corrected chi connectivity index (χ3v) is 3.05. The minimum Gasteiger partial charge on any atom is -0.493 e. The highest BCUT2D eigenvalue weighted by Crippen LogP contribution is 2.37. The maximum atomic E-state index is 13.9. The fraction of sp³-hybridized carbons (Fsp3) is 0.133. The van der Waals surface area contributed by atoms with E-state index in [4.69, 9.17) is 0 Å². The second kappa shape index (κ2) is 5.94. The summed E-state index contributed by atoms with van der Waals surface area (Å²) in [6, 6.07) is 3.71. The van der Waals surface area contributed by atoms with Crippen LogP contribution in [0.15, 0.2) is 30.3 Å². The summed E-state index contributed by atoms with van der Waals surface area (Å²) in [6.07, 6.45) is -5.00. The maximum absolute atomic E-state index is 13.9. The molecule has 0 aliphatic carbocycles. The van der Waals surface area contributed by atoms with E-state index >= 15 is 0 Å². The molecule has 0 fully saturated rings. The number of hydrogen-bond donors (Lipinski definition) is 0. The van der Waals surface area contributed by atoms with Crippen molar-refractivity contribution in [1.82, 2.24) is 0 Å². The van der Waals surface area contributed by atoms with Crippen LogP contribution in [0.2, 0.25) is 0 Å². The van der Waals surface area contributed by atoms with Crippen molar-refractivity contribution in [2.45, 2.75) is 6.18 Å². The first-order valence-electron chi connectivity index (χ1n) is 6.11. The van der Waals surface area contributed by atoms with Gasteiger partial charge in [-0.2, -0.15) is 13.2 Å². The lowest BCUT2D eigenvalue weighted by atomic mass is 9.99. The molecule has 0 aliphatic rings. The summed E-state index contributed by atoms with van der Waals surface area (Å²) in [4.78, 5) is 12.2. The number of halogens is 6. The first-order chi connectivity index (χ1) is 10.7. The zero-order chi connectivity index (χ0) is 17.4. The smallest absolute Gasteiger partial charge is 0.419 e. The molecule has 0 aliphatic heterocycles. The highest BCUT2D eigenvalue weighted by molar-refractivity contribution is 6.11. The second-order valence-electron chi connectivity index (χ2n) is 4.44. The van der Waals surface area contributed by atoms with Gasteiger partial charge in [-0.15, -0.1) is 0 Å². The molecule has 2 aromatic carbocycles. The minimum atomic E-state index is -5.00. The molecule has 23 heavy (non-hydrogen) atoms. The molecule has 2 rings (SSSR count). The van der Waals surface area contributed by atoms with Crippen LogP contribution in [-0.4, -0.2) is 12.9 Å². The van der Waals surface area contributed by atoms with E-state index in [1.54, 1.807) is 0 Å². The summed E-state index contributed by atoms with van der Waals surface area (Å²) in [5, 5.41) is 0. The number of benzene rings is 2. The van der Waals surface area contributed by atoms with Gasteiger partial charge < -0.3 is 4.74 Å². The fourth-order valence-corrected chi connectivity index (χ4v) is 1.98. The lowest BCUT2D eigenvalue weighted by Gasteiger charge is -2.14. The zero-order valence-corrected chi connectivity index (χ0v) is 11.5. The molecule has 0 bridgehead atoms. The van der Waals surface area contributed by atoms with Crippen molar-refractivity contribution in [1.29, 1.82) is 0 Å². The molecule has 0 saturated carbocycles. The van der Waals surface area contributed by atoms with E-state index < -0.39 is 51.9 Å². The summed E-state index contributed by atoms with van der Waals surface area (Å²) in [6.45, 7) is 0. The van der Waals surface area contributed by atoms with Gasteiger partial charge in [0.05, 0.1) is 23.8 Å². The minimum absolute atomic E-state index is 0.336. The van der Waals surface area contributed by atoms with Crippen LogP contribution in [0.1, 0.15) is 21.5 Å². The van der Waals surface area contributed by atoms with Gasteiger partial charge in [0.1, 0.15) is 0 Å². The van der Waals surface area contributed by atoms with Gasteiger partial charge in [0, 0.05) is 0 Å². The van der Waals surface area contributed by atoms with Gasteiger partial charge in [-0.1, -0.05) is 6.07 Å². The molecule has 0 N–H and O–H groups in total. The Morgan fingerprint density at radius 3 is 2.17 bits per heavy atom. The molecule has 122 valence electrons. The summed E-state index contributed by atoms with van der Waals surface area (Å²) in [5.74, 6) is -6.80. The number of carbonyl (C=O) groups is 1. The number of ketones is 1. The molecule has 0 heterocycles. The van der Waals surface area contributed by atoms with Crippen LogP contribution in [0.25, 0.3) is 0 Å². The van der Waals surface area contributed by atoms with Crippen LogP contribution in [0.5, 0.6) is 5.75 Å². The van der Waals surface area contributed by atoms with Gasteiger partial charge in [-0.25, -0.2) is 13.2 Å². The van der Waals surface area contributed by atoms with Crippen molar-refractivity contribution < 1.29 is 35.9 Å². The molecule has 2 nitrogen and oxygen atoms in total. The molecule has 2 aromatic rings. The zero-order valence-electron chi connectivity index (χ0n) is 11.5. The van der Waals surface area contributed by atoms with Crippen LogP contribution in [0.4, 0.5) is 26.3 Å². The molecule has 0 spiro atoms. The Bertz CT molecular complexity index is 767. The Morgan fingerprint density at radius 1 is 0.957 bits per heavy atom. The molecular weight excluding hydrogens is 326 g/mol. The standard InChI is InChI=1S/C15H8F6O2/c1-23-14-8(5-6-9(12(14)18)15(19,20)21)13(22)7-3-2-4-10(16)11(7)17/h2-6H,1H3.